The zero-order chi connectivity index (χ0) is 18.1. The van der Waals surface area contributed by atoms with Crippen molar-refractivity contribution in [3.63, 3.8) is 0 Å². The predicted molar refractivity (Wildman–Crippen MR) is 107 cm³/mol. The van der Waals surface area contributed by atoms with Gasteiger partial charge in [-0.3, -0.25) is 0 Å². The van der Waals surface area contributed by atoms with E-state index in [1.165, 1.54) is 18.4 Å². The number of halogens is 2. The van der Waals surface area contributed by atoms with Crippen LogP contribution in [0.25, 0.3) is 11.1 Å². The Morgan fingerprint density at radius 3 is 2.50 bits per heavy atom. The molecule has 0 aliphatic heterocycles. The van der Waals surface area contributed by atoms with Crippen molar-refractivity contribution in [2.75, 3.05) is 0 Å². The Balaban J connectivity index is 1.62. The van der Waals surface area contributed by atoms with Gasteiger partial charge in [-0.1, -0.05) is 52.3 Å². The van der Waals surface area contributed by atoms with Gasteiger partial charge in [-0.15, -0.1) is 0 Å². The highest BCUT2D eigenvalue weighted by atomic mass is 79.9. The molecule has 0 radical (unpaired) electrons. The molecule has 0 unspecified atom stereocenters. The van der Waals surface area contributed by atoms with Crippen molar-refractivity contribution in [2.45, 2.75) is 32.3 Å². The molecular weight excluding hydrogens is 391 g/mol. The van der Waals surface area contributed by atoms with Crippen molar-refractivity contribution in [1.82, 2.24) is 0 Å². The van der Waals surface area contributed by atoms with Crippen LogP contribution in [0.4, 0.5) is 4.39 Å². The fourth-order valence-electron chi connectivity index (χ4n) is 3.18. The molecule has 1 fully saturated rings. The lowest BCUT2D eigenvalue weighted by Crippen LogP contribution is -1.98. The van der Waals surface area contributed by atoms with Crippen LogP contribution in [0.1, 0.15) is 35.4 Å². The Labute approximate surface area is 162 Å². The van der Waals surface area contributed by atoms with Gasteiger partial charge in [0.1, 0.15) is 18.2 Å². The first-order valence-corrected chi connectivity index (χ1v) is 9.68. The zero-order valence-corrected chi connectivity index (χ0v) is 16.2. The molecule has 4 rings (SSSR count). The molecule has 1 aliphatic rings. The molecule has 0 saturated heterocycles. The summed E-state index contributed by atoms with van der Waals surface area (Å²) >= 11 is 3.61. The molecule has 0 amide bonds. The lowest BCUT2D eigenvalue weighted by Gasteiger charge is -2.14. The highest BCUT2D eigenvalue weighted by Gasteiger charge is 2.24. The summed E-state index contributed by atoms with van der Waals surface area (Å²) in [6.45, 7) is 2.51. The Hall–Kier alpha value is -2.13. The van der Waals surface area contributed by atoms with E-state index >= 15 is 0 Å². The first kappa shape index (κ1) is 17.3. The molecular formula is C23H20BrFO. The summed E-state index contributed by atoms with van der Waals surface area (Å²) in [5, 5.41) is 0. The first-order chi connectivity index (χ1) is 12.6. The number of rotatable bonds is 5. The number of hydrogen-bond acceptors (Lipinski definition) is 1. The lowest BCUT2D eigenvalue weighted by atomic mass is 9.99. The van der Waals surface area contributed by atoms with E-state index in [9.17, 15) is 4.39 Å². The van der Waals surface area contributed by atoms with Gasteiger partial charge in [0.2, 0.25) is 0 Å². The van der Waals surface area contributed by atoms with Crippen LogP contribution in [0, 0.1) is 12.7 Å². The molecule has 0 bridgehead atoms. The number of benzene rings is 3. The van der Waals surface area contributed by atoms with E-state index in [4.69, 9.17) is 4.74 Å². The fraction of sp³-hybridized carbons (Fsp3) is 0.217. The average Bonchev–Trinajstić information content (AvgIpc) is 3.49. The molecule has 1 nitrogen and oxygen atoms in total. The monoisotopic (exact) mass is 410 g/mol. The van der Waals surface area contributed by atoms with E-state index in [0.717, 1.165) is 26.9 Å². The summed E-state index contributed by atoms with van der Waals surface area (Å²) in [6, 6.07) is 19.5. The van der Waals surface area contributed by atoms with Crippen LogP contribution < -0.4 is 4.74 Å². The van der Waals surface area contributed by atoms with Crippen molar-refractivity contribution in [3.8, 4) is 16.9 Å². The standard InChI is InChI=1S/C23H20BrFO/c1-15-11-19(20-12-18(17-7-8-17)9-10-22(20)25)21(24)13-23(15)26-14-16-5-3-2-4-6-16/h2-6,9-13,17H,7-8,14H2,1H3. The predicted octanol–water partition coefficient (Wildman–Crippen LogP) is 7.02. The van der Waals surface area contributed by atoms with Crippen LogP contribution in [0.5, 0.6) is 5.75 Å². The van der Waals surface area contributed by atoms with Gasteiger partial charge >= 0.3 is 0 Å². The van der Waals surface area contributed by atoms with Gasteiger partial charge < -0.3 is 4.74 Å². The minimum atomic E-state index is -0.188. The molecule has 0 aromatic heterocycles. The second-order valence-corrected chi connectivity index (χ2v) is 7.74. The van der Waals surface area contributed by atoms with Crippen LogP contribution in [-0.2, 0) is 6.61 Å². The van der Waals surface area contributed by atoms with Crippen molar-refractivity contribution in [3.05, 3.63) is 87.6 Å². The van der Waals surface area contributed by atoms with Gasteiger partial charge in [0.05, 0.1) is 0 Å². The fourth-order valence-corrected chi connectivity index (χ4v) is 3.72. The van der Waals surface area contributed by atoms with Gasteiger partial charge in [0, 0.05) is 10.0 Å². The van der Waals surface area contributed by atoms with E-state index in [1.807, 2.05) is 61.5 Å². The number of ether oxygens (including phenoxy) is 1. The maximum atomic E-state index is 14.5. The first-order valence-electron chi connectivity index (χ1n) is 8.88. The van der Waals surface area contributed by atoms with E-state index in [1.54, 1.807) is 6.07 Å². The number of aryl methyl sites for hydroxylation is 1. The van der Waals surface area contributed by atoms with Crippen LogP contribution in [-0.4, -0.2) is 0 Å². The summed E-state index contributed by atoms with van der Waals surface area (Å²) < 4.78 is 21.3. The van der Waals surface area contributed by atoms with Crippen molar-refractivity contribution < 1.29 is 9.13 Å². The molecule has 0 heterocycles. The zero-order valence-electron chi connectivity index (χ0n) is 14.6. The molecule has 1 saturated carbocycles. The van der Waals surface area contributed by atoms with Gasteiger partial charge in [0.15, 0.2) is 0 Å². The van der Waals surface area contributed by atoms with Gasteiger partial charge in [-0.25, -0.2) is 4.39 Å². The normalized spacial score (nSPS) is 13.7. The molecule has 132 valence electrons. The van der Waals surface area contributed by atoms with Crippen molar-refractivity contribution >= 4 is 15.9 Å². The van der Waals surface area contributed by atoms with Gasteiger partial charge in [-0.2, -0.15) is 0 Å². The molecule has 3 aromatic carbocycles. The lowest BCUT2D eigenvalue weighted by molar-refractivity contribution is 0.304. The van der Waals surface area contributed by atoms with E-state index in [-0.39, 0.29) is 5.82 Å². The minimum absolute atomic E-state index is 0.188. The second kappa shape index (κ2) is 7.24. The summed E-state index contributed by atoms with van der Waals surface area (Å²) in [7, 11) is 0. The Bertz CT molecular complexity index is 932. The third-order valence-corrected chi connectivity index (χ3v) is 5.49. The Morgan fingerprint density at radius 2 is 1.77 bits per heavy atom. The van der Waals surface area contributed by atoms with Crippen LogP contribution in [0.15, 0.2) is 65.1 Å². The van der Waals surface area contributed by atoms with Crippen molar-refractivity contribution in [1.29, 1.82) is 0 Å². The average molecular weight is 411 g/mol. The number of hydrogen-bond donors (Lipinski definition) is 0. The highest BCUT2D eigenvalue weighted by Crippen LogP contribution is 2.43. The summed E-state index contributed by atoms with van der Waals surface area (Å²) in [4.78, 5) is 0. The third-order valence-electron chi connectivity index (χ3n) is 4.83. The molecule has 3 aromatic rings. The van der Waals surface area contributed by atoms with E-state index in [2.05, 4.69) is 15.9 Å². The minimum Gasteiger partial charge on any atom is -0.489 e. The van der Waals surface area contributed by atoms with Crippen LogP contribution in [0.2, 0.25) is 0 Å². The topological polar surface area (TPSA) is 9.23 Å². The SMILES string of the molecule is Cc1cc(-c2cc(C3CC3)ccc2F)c(Br)cc1OCc1ccccc1. The molecule has 3 heteroatoms. The van der Waals surface area contributed by atoms with Crippen LogP contribution in [0.3, 0.4) is 0 Å². The Morgan fingerprint density at radius 1 is 1.00 bits per heavy atom. The third kappa shape index (κ3) is 3.68. The molecule has 26 heavy (non-hydrogen) atoms. The summed E-state index contributed by atoms with van der Waals surface area (Å²) in [6.07, 6.45) is 2.41. The summed E-state index contributed by atoms with van der Waals surface area (Å²) in [5.41, 5.74) is 4.87. The Kier molecular flexibility index (Phi) is 4.82. The van der Waals surface area contributed by atoms with Gasteiger partial charge in [-0.05, 0) is 72.2 Å². The molecule has 1 aliphatic carbocycles. The van der Waals surface area contributed by atoms with E-state index in [0.29, 0.717) is 18.1 Å². The second-order valence-electron chi connectivity index (χ2n) is 6.89. The quantitative estimate of drug-likeness (QED) is 0.438. The maximum absolute atomic E-state index is 14.5. The largest absolute Gasteiger partial charge is 0.489 e. The van der Waals surface area contributed by atoms with E-state index < -0.39 is 0 Å². The molecule has 0 atom stereocenters. The highest BCUT2D eigenvalue weighted by molar-refractivity contribution is 9.10. The van der Waals surface area contributed by atoms with Crippen molar-refractivity contribution in [2.24, 2.45) is 0 Å². The summed E-state index contributed by atoms with van der Waals surface area (Å²) in [5.74, 6) is 1.22. The van der Waals surface area contributed by atoms with Gasteiger partial charge in [0.25, 0.3) is 0 Å². The molecule has 0 spiro atoms. The smallest absolute Gasteiger partial charge is 0.131 e. The maximum Gasteiger partial charge on any atom is 0.131 e. The molecule has 0 N–H and O–H groups in total. The van der Waals surface area contributed by atoms with Crippen LogP contribution >= 0.6 is 15.9 Å².